The van der Waals surface area contributed by atoms with Crippen molar-refractivity contribution in [2.45, 2.75) is 26.1 Å². The molecule has 0 saturated heterocycles. The van der Waals surface area contributed by atoms with Gasteiger partial charge in [0.25, 0.3) is 5.79 Å². The number of amides is 1. The molecule has 0 saturated carbocycles. The van der Waals surface area contributed by atoms with Crippen LogP contribution >= 0.6 is 0 Å². The van der Waals surface area contributed by atoms with Crippen LogP contribution in [0, 0.1) is 0 Å². The van der Waals surface area contributed by atoms with Gasteiger partial charge in [0.1, 0.15) is 5.78 Å². The highest BCUT2D eigenvalue weighted by Crippen LogP contribution is 2.14. The molecule has 74 valence electrons. The van der Waals surface area contributed by atoms with Gasteiger partial charge in [-0.25, -0.2) is 4.79 Å². The first-order valence-electron chi connectivity index (χ1n) is 3.49. The van der Waals surface area contributed by atoms with Crippen molar-refractivity contribution in [3.8, 4) is 0 Å². The molecule has 1 atom stereocenters. The van der Waals surface area contributed by atoms with Crippen molar-refractivity contribution in [1.29, 1.82) is 0 Å². The third-order valence-electron chi connectivity index (χ3n) is 1.31. The summed E-state index contributed by atoms with van der Waals surface area (Å²) < 4.78 is 4.13. The summed E-state index contributed by atoms with van der Waals surface area (Å²) in [4.78, 5) is 31.7. The molecule has 0 spiro atoms. The molecule has 0 heterocycles. The number of Topliss-reactive ketones (excluding diaryl/α,β-unsaturated/α-hetero) is 2. The highest BCUT2D eigenvalue weighted by molar-refractivity contribution is 5.91. The largest absolute Gasteiger partial charge is 0.409 e. The second-order valence-electron chi connectivity index (χ2n) is 2.64. The van der Waals surface area contributed by atoms with E-state index in [1.54, 1.807) is 0 Å². The lowest BCUT2D eigenvalue weighted by atomic mass is 10.1. The van der Waals surface area contributed by atoms with Gasteiger partial charge in [-0.3, -0.25) is 9.59 Å². The minimum absolute atomic E-state index is 0.487. The minimum atomic E-state index is -2.42. The van der Waals surface area contributed by atoms with Gasteiger partial charge < -0.3 is 15.6 Å². The molecule has 3 N–H and O–H groups in total. The SMILES string of the molecule is CC(=O)CC(O)(OC(N)=O)C(C)=O. The Morgan fingerprint density at radius 1 is 1.38 bits per heavy atom. The highest BCUT2D eigenvalue weighted by atomic mass is 16.7. The van der Waals surface area contributed by atoms with E-state index < -0.39 is 29.9 Å². The smallest absolute Gasteiger partial charge is 0.407 e. The maximum absolute atomic E-state index is 10.8. The van der Waals surface area contributed by atoms with Crippen LogP contribution in [0.15, 0.2) is 0 Å². The van der Waals surface area contributed by atoms with Gasteiger partial charge in [-0.2, -0.15) is 0 Å². The first kappa shape index (κ1) is 11.6. The predicted octanol–water partition coefficient (Wildman–Crippen LogP) is -0.662. The minimum Gasteiger partial charge on any atom is -0.409 e. The third-order valence-corrected chi connectivity index (χ3v) is 1.31. The van der Waals surface area contributed by atoms with Crippen molar-refractivity contribution >= 4 is 17.7 Å². The molecule has 0 aromatic heterocycles. The molecule has 0 fully saturated rings. The Bertz CT molecular complexity index is 231. The van der Waals surface area contributed by atoms with Crippen LogP contribution in [0.2, 0.25) is 0 Å². The molecule has 0 aromatic rings. The third kappa shape index (κ3) is 3.66. The molecule has 6 heteroatoms. The Morgan fingerprint density at radius 2 is 1.85 bits per heavy atom. The van der Waals surface area contributed by atoms with Gasteiger partial charge in [0.05, 0.1) is 6.42 Å². The number of nitrogens with two attached hydrogens (primary N) is 1. The van der Waals surface area contributed by atoms with Crippen LogP contribution in [0.4, 0.5) is 4.79 Å². The quantitative estimate of drug-likeness (QED) is 0.571. The maximum atomic E-state index is 10.8. The zero-order valence-electron chi connectivity index (χ0n) is 7.36. The van der Waals surface area contributed by atoms with E-state index in [1.807, 2.05) is 0 Å². The molecule has 0 aromatic carbocycles. The molecule has 0 aliphatic rings. The summed E-state index contributed by atoms with van der Waals surface area (Å²) in [6.45, 7) is 2.14. The molecule has 0 aliphatic carbocycles. The Balaban J connectivity index is 4.62. The lowest BCUT2D eigenvalue weighted by Crippen LogP contribution is -2.44. The van der Waals surface area contributed by atoms with Crippen LogP contribution < -0.4 is 5.73 Å². The Hall–Kier alpha value is -1.43. The zero-order chi connectivity index (χ0) is 10.6. The van der Waals surface area contributed by atoms with Crippen LogP contribution in [-0.2, 0) is 14.3 Å². The van der Waals surface area contributed by atoms with Gasteiger partial charge in [0.15, 0.2) is 0 Å². The van der Waals surface area contributed by atoms with Crippen LogP contribution in [-0.4, -0.2) is 28.6 Å². The number of primary amides is 1. The molecule has 0 rings (SSSR count). The zero-order valence-corrected chi connectivity index (χ0v) is 7.36. The van der Waals surface area contributed by atoms with Gasteiger partial charge >= 0.3 is 6.09 Å². The van der Waals surface area contributed by atoms with Crippen LogP contribution in [0.25, 0.3) is 0 Å². The molecular formula is C7H11NO5. The van der Waals surface area contributed by atoms with Crippen molar-refractivity contribution in [2.75, 3.05) is 0 Å². The van der Waals surface area contributed by atoms with Crippen LogP contribution in [0.3, 0.4) is 0 Å². The second-order valence-corrected chi connectivity index (χ2v) is 2.64. The van der Waals surface area contributed by atoms with E-state index in [9.17, 15) is 19.5 Å². The van der Waals surface area contributed by atoms with E-state index in [-0.39, 0.29) is 0 Å². The topological polar surface area (TPSA) is 107 Å². The van der Waals surface area contributed by atoms with Crippen molar-refractivity contribution in [3.05, 3.63) is 0 Å². The van der Waals surface area contributed by atoms with Gasteiger partial charge in [0.2, 0.25) is 5.78 Å². The van der Waals surface area contributed by atoms with E-state index >= 15 is 0 Å². The number of ether oxygens (including phenoxy) is 1. The number of carbonyl (C=O) groups is 3. The first-order chi connectivity index (χ1) is 5.78. The lowest BCUT2D eigenvalue weighted by molar-refractivity contribution is -0.183. The highest BCUT2D eigenvalue weighted by Gasteiger charge is 2.38. The summed E-state index contributed by atoms with van der Waals surface area (Å²) in [5.74, 6) is -3.75. The molecule has 0 aliphatic heterocycles. The molecule has 1 unspecified atom stereocenters. The summed E-state index contributed by atoms with van der Waals surface area (Å²) in [6, 6.07) is 0. The van der Waals surface area contributed by atoms with E-state index in [1.165, 1.54) is 0 Å². The lowest BCUT2D eigenvalue weighted by Gasteiger charge is -2.22. The van der Waals surface area contributed by atoms with Gasteiger partial charge in [0, 0.05) is 6.92 Å². The van der Waals surface area contributed by atoms with Crippen molar-refractivity contribution in [2.24, 2.45) is 5.73 Å². The number of carbonyl (C=O) groups excluding carboxylic acids is 3. The molecule has 13 heavy (non-hydrogen) atoms. The average Bonchev–Trinajstić information content (AvgIpc) is 1.82. The summed E-state index contributed by atoms with van der Waals surface area (Å²) in [7, 11) is 0. The Kier molecular flexibility index (Phi) is 3.55. The Morgan fingerprint density at radius 3 is 2.08 bits per heavy atom. The average molecular weight is 189 g/mol. The van der Waals surface area contributed by atoms with Gasteiger partial charge in [-0.15, -0.1) is 0 Å². The van der Waals surface area contributed by atoms with Crippen molar-refractivity contribution < 1.29 is 24.2 Å². The second kappa shape index (κ2) is 3.99. The maximum Gasteiger partial charge on any atom is 0.407 e. The normalized spacial score (nSPS) is 14.4. The summed E-state index contributed by atoms with van der Waals surface area (Å²) in [5, 5.41) is 9.34. The van der Waals surface area contributed by atoms with Gasteiger partial charge in [-0.1, -0.05) is 0 Å². The number of ketones is 2. The monoisotopic (exact) mass is 189 g/mol. The summed E-state index contributed by atoms with van der Waals surface area (Å²) in [6.07, 6.45) is -1.90. The van der Waals surface area contributed by atoms with Crippen LogP contribution in [0.1, 0.15) is 20.3 Å². The van der Waals surface area contributed by atoms with Crippen molar-refractivity contribution in [3.63, 3.8) is 0 Å². The molecular weight excluding hydrogens is 178 g/mol. The fourth-order valence-corrected chi connectivity index (χ4v) is 0.736. The van der Waals surface area contributed by atoms with E-state index in [0.29, 0.717) is 0 Å². The number of aliphatic hydroxyl groups is 1. The summed E-state index contributed by atoms with van der Waals surface area (Å²) >= 11 is 0. The number of hydrogen-bond acceptors (Lipinski definition) is 5. The first-order valence-corrected chi connectivity index (χ1v) is 3.49. The predicted molar refractivity (Wildman–Crippen MR) is 41.6 cm³/mol. The molecule has 6 nitrogen and oxygen atoms in total. The molecule has 1 amide bonds. The van der Waals surface area contributed by atoms with Crippen LogP contribution in [0.5, 0.6) is 0 Å². The van der Waals surface area contributed by atoms with Gasteiger partial charge in [-0.05, 0) is 6.92 Å². The van der Waals surface area contributed by atoms with E-state index in [0.717, 1.165) is 13.8 Å². The number of hydrogen-bond donors (Lipinski definition) is 2. The van der Waals surface area contributed by atoms with E-state index in [2.05, 4.69) is 10.5 Å². The van der Waals surface area contributed by atoms with Crippen molar-refractivity contribution in [1.82, 2.24) is 0 Å². The van der Waals surface area contributed by atoms with E-state index in [4.69, 9.17) is 0 Å². The standard InChI is InChI=1S/C7H11NO5/c1-4(9)3-7(12,5(2)10)13-6(8)11/h12H,3H2,1-2H3,(H2,8,11). The molecule has 0 bridgehead atoms. The fourth-order valence-electron chi connectivity index (χ4n) is 0.736. The fraction of sp³-hybridized carbons (Fsp3) is 0.571. The Labute approximate surface area is 74.7 Å². The number of rotatable bonds is 4. The summed E-state index contributed by atoms with van der Waals surface area (Å²) in [5.41, 5.74) is 4.61. The molecule has 0 radical (unpaired) electrons.